The van der Waals surface area contributed by atoms with Crippen molar-refractivity contribution in [3.05, 3.63) is 59.9 Å². The zero-order valence-corrected chi connectivity index (χ0v) is 16.7. The second-order valence-electron chi connectivity index (χ2n) is 7.05. The summed E-state index contributed by atoms with van der Waals surface area (Å²) < 4.78 is 20.5. The van der Waals surface area contributed by atoms with Crippen LogP contribution < -0.4 is 4.74 Å². The second-order valence-corrected chi connectivity index (χ2v) is 8.05. The molecular formula is C22H21FN2O3S. The average molecular weight is 412 g/mol. The molecule has 1 aliphatic heterocycles. The number of halogens is 1. The van der Waals surface area contributed by atoms with Crippen LogP contribution in [0.3, 0.4) is 0 Å². The second kappa shape index (κ2) is 8.69. The van der Waals surface area contributed by atoms with Crippen molar-refractivity contribution in [2.75, 3.05) is 13.1 Å². The Balaban J connectivity index is 1.26. The zero-order valence-electron chi connectivity index (χ0n) is 15.8. The fourth-order valence-corrected chi connectivity index (χ4v) is 4.35. The largest absolute Gasteiger partial charge is 0.467 e. The molecule has 1 aromatic heterocycles. The van der Waals surface area contributed by atoms with Gasteiger partial charge in [-0.05, 0) is 12.1 Å². The minimum absolute atomic E-state index is 0.00482. The fraction of sp³-hybridized carbons (Fsp3) is 0.318. The topological polar surface area (TPSA) is 59.5 Å². The van der Waals surface area contributed by atoms with E-state index in [2.05, 4.69) is 4.98 Å². The number of benzene rings is 2. The fourth-order valence-electron chi connectivity index (χ4n) is 3.46. The van der Waals surface area contributed by atoms with Gasteiger partial charge in [0.1, 0.15) is 17.4 Å². The van der Waals surface area contributed by atoms with E-state index in [0.29, 0.717) is 42.2 Å². The quantitative estimate of drug-likeness (QED) is 0.561. The molecule has 1 aliphatic rings. The highest BCUT2D eigenvalue weighted by molar-refractivity contribution is 7.20. The van der Waals surface area contributed by atoms with E-state index < -0.39 is 0 Å². The number of rotatable bonds is 6. The molecule has 5 nitrogen and oxygen atoms in total. The van der Waals surface area contributed by atoms with Gasteiger partial charge < -0.3 is 9.64 Å². The summed E-state index contributed by atoms with van der Waals surface area (Å²) in [7, 11) is 0. The molecule has 2 aromatic carbocycles. The predicted octanol–water partition coefficient (Wildman–Crippen LogP) is 4.47. The Kier molecular flexibility index (Phi) is 5.85. The zero-order chi connectivity index (χ0) is 20.2. The molecule has 0 N–H and O–H groups in total. The molecule has 29 heavy (non-hydrogen) atoms. The number of fused-ring (bicyclic) bond motifs is 1. The molecule has 0 radical (unpaired) electrons. The van der Waals surface area contributed by atoms with Crippen LogP contribution in [0.15, 0.2) is 48.5 Å². The van der Waals surface area contributed by atoms with Crippen LogP contribution in [0.5, 0.6) is 5.19 Å². The minimum atomic E-state index is -0.348. The molecule has 1 saturated heterocycles. The SMILES string of the molecule is O=C(CCC(=O)N1CCC(Oc2nc3c(F)cccc3s2)CC1)c1ccccc1. The molecule has 0 spiro atoms. The molecule has 0 atom stereocenters. The van der Waals surface area contributed by atoms with Crippen LogP contribution in [0.25, 0.3) is 10.2 Å². The molecule has 1 amide bonds. The van der Waals surface area contributed by atoms with Gasteiger partial charge in [0.05, 0.1) is 4.70 Å². The summed E-state index contributed by atoms with van der Waals surface area (Å²) >= 11 is 1.33. The number of likely N-dealkylation sites (tertiary alicyclic amines) is 1. The van der Waals surface area contributed by atoms with Crippen LogP contribution >= 0.6 is 11.3 Å². The van der Waals surface area contributed by atoms with Crippen molar-refractivity contribution < 1.29 is 18.7 Å². The Labute approximate surface area is 172 Å². The van der Waals surface area contributed by atoms with Crippen molar-refractivity contribution in [3.63, 3.8) is 0 Å². The van der Waals surface area contributed by atoms with Crippen molar-refractivity contribution in [2.45, 2.75) is 31.8 Å². The number of hydrogen-bond donors (Lipinski definition) is 0. The highest BCUT2D eigenvalue weighted by Gasteiger charge is 2.25. The van der Waals surface area contributed by atoms with Gasteiger partial charge in [-0.3, -0.25) is 9.59 Å². The van der Waals surface area contributed by atoms with E-state index in [9.17, 15) is 14.0 Å². The Morgan fingerprint density at radius 3 is 2.55 bits per heavy atom. The maximum Gasteiger partial charge on any atom is 0.274 e. The molecular weight excluding hydrogens is 391 g/mol. The number of ketones is 1. The lowest BCUT2D eigenvalue weighted by Crippen LogP contribution is -2.41. The van der Waals surface area contributed by atoms with Crippen LogP contribution in [0.4, 0.5) is 4.39 Å². The van der Waals surface area contributed by atoms with E-state index in [-0.39, 0.29) is 36.5 Å². The van der Waals surface area contributed by atoms with Gasteiger partial charge in [0, 0.05) is 44.3 Å². The van der Waals surface area contributed by atoms with E-state index in [1.54, 1.807) is 23.1 Å². The minimum Gasteiger partial charge on any atom is -0.467 e. The highest BCUT2D eigenvalue weighted by Crippen LogP contribution is 2.31. The van der Waals surface area contributed by atoms with Crippen LogP contribution in [-0.2, 0) is 4.79 Å². The van der Waals surface area contributed by atoms with Crippen molar-refractivity contribution >= 4 is 33.2 Å². The molecule has 0 bridgehead atoms. The number of hydrogen-bond acceptors (Lipinski definition) is 5. The lowest BCUT2D eigenvalue weighted by Gasteiger charge is -2.31. The normalized spacial score (nSPS) is 14.9. The van der Waals surface area contributed by atoms with Crippen LogP contribution in [0.1, 0.15) is 36.0 Å². The summed E-state index contributed by atoms with van der Waals surface area (Å²) in [5, 5.41) is 0.461. The van der Waals surface area contributed by atoms with E-state index in [0.717, 1.165) is 4.70 Å². The lowest BCUT2D eigenvalue weighted by atomic mass is 10.0. The first-order chi connectivity index (χ1) is 14.1. The number of aromatic nitrogens is 1. The standard InChI is InChI=1S/C22H21FN2O3S/c23-17-7-4-8-19-21(17)24-22(29-19)28-16-11-13-25(14-12-16)20(27)10-9-18(26)15-5-2-1-3-6-15/h1-8,16H,9-14H2. The first-order valence-electron chi connectivity index (χ1n) is 9.68. The molecule has 0 saturated carbocycles. The van der Waals surface area contributed by atoms with Crippen molar-refractivity contribution in [1.29, 1.82) is 0 Å². The molecule has 7 heteroatoms. The predicted molar refractivity (Wildman–Crippen MR) is 110 cm³/mol. The number of carbonyl (C=O) groups excluding carboxylic acids is 2. The van der Waals surface area contributed by atoms with E-state index >= 15 is 0 Å². The number of ether oxygens (including phenoxy) is 1. The van der Waals surface area contributed by atoms with Gasteiger partial charge in [-0.1, -0.05) is 47.7 Å². The maximum absolute atomic E-state index is 13.8. The number of piperidine rings is 1. The Bertz CT molecular complexity index is 1010. The molecule has 1 fully saturated rings. The Hall–Kier alpha value is -2.80. The van der Waals surface area contributed by atoms with Crippen LogP contribution in [0, 0.1) is 5.82 Å². The third-order valence-corrected chi connectivity index (χ3v) is 5.99. The highest BCUT2D eigenvalue weighted by atomic mass is 32.1. The van der Waals surface area contributed by atoms with E-state index in [1.807, 2.05) is 24.3 Å². The summed E-state index contributed by atoms with van der Waals surface area (Å²) in [5.41, 5.74) is 0.975. The van der Waals surface area contributed by atoms with Gasteiger partial charge >= 0.3 is 0 Å². The molecule has 3 aromatic rings. The molecule has 150 valence electrons. The summed E-state index contributed by atoms with van der Waals surface area (Å²) in [4.78, 5) is 30.6. The first kappa shape index (κ1) is 19.5. The maximum atomic E-state index is 13.8. The summed E-state index contributed by atoms with van der Waals surface area (Å²) in [6, 6.07) is 13.9. The average Bonchev–Trinajstić information content (AvgIpc) is 3.17. The molecule has 2 heterocycles. The molecule has 0 aliphatic carbocycles. The first-order valence-corrected chi connectivity index (χ1v) is 10.5. The van der Waals surface area contributed by atoms with Crippen LogP contribution in [0.2, 0.25) is 0 Å². The number of nitrogens with zero attached hydrogens (tertiary/aromatic N) is 2. The number of amides is 1. The summed E-state index contributed by atoms with van der Waals surface area (Å²) in [6.45, 7) is 1.17. The van der Waals surface area contributed by atoms with Gasteiger partial charge in [-0.25, -0.2) is 4.39 Å². The number of carbonyl (C=O) groups is 2. The van der Waals surface area contributed by atoms with Gasteiger partial charge in [0.2, 0.25) is 5.91 Å². The molecule has 4 rings (SSSR count). The third kappa shape index (κ3) is 4.62. The van der Waals surface area contributed by atoms with E-state index in [4.69, 9.17) is 4.74 Å². The Morgan fingerprint density at radius 1 is 1.07 bits per heavy atom. The third-order valence-electron chi connectivity index (χ3n) is 5.07. The number of Topliss-reactive ketones (excluding diaryl/α,β-unsaturated/α-hetero) is 1. The van der Waals surface area contributed by atoms with Crippen LogP contribution in [-0.4, -0.2) is 40.8 Å². The summed E-state index contributed by atoms with van der Waals surface area (Å²) in [6.07, 6.45) is 1.77. The number of para-hydroxylation sites is 1. The summed E-state index contributed by atoms with van der Waals surface area (Å²) in [5.74, 6) is -0.367. The lowest BCUT2D eigenvalue weighted by molar-refractivity contribution is -0.132. The van der Waals surface area contributed by atoms with E-state index in [1.165, 1.54) is 17.4 Å². The van der Waals surface area contributed by atoms with Gasteiger partial charge in [0.15, 0.2) is 5.78 Å². The van der Waals surface area contributed by atoms with Crippen molar-refractivity contribution in [1.82, 2.24) is 9.88 Å². The van der Waals surface area contributed by atoms with Gasteiger partial charge in [-0.15, -0.1) is 0 Å². The van der Waals surface area contributed by atoms with Gasteiger partial charge in [0.25, 0.3) is 5.19 Å². The number of thiazole rings is 1. The smallest absolute Gasteiger partial charge is 0.274 e. The monoisotopic (exact) mass is 412 g/mol. The molecule has 0 unspecified atom stereocenters. The van der Waals surface area contributed by atoms with Crippen molar-refractivity contribution in [2.24, 2.45) is 0 Å². The van der Waals surface area contributed by atoms with Crippen molar-refractivity contribution in [3.8, 4) is 5.19 Å². The Morgan fingerprint density at radius 2 is 1.83 bits per heavy atom. The van der Waals surface area contributed by atoms with Gasteiger partial charge in [-0.2, -0.15) is 4.98 Å².